The topological polar surface area (TPSA) is 20.2 Å². The molecule has 1 rings (SSSR count). The van der Waals surface area contributed by atoms with Crippen LogP contribution in [0.15, 0.2) is 18.2 Å². The Balaban J connectivity index is 3.40. The lowest BCUT2D eigenvalue weighted by Gasteiger charge is -2.20. The Bertz CT molecular complexity index is 411. The highest BCUT2D eigenvalue weighted by molar-refractivity contribution is 6.31. The molecule has 1 nitrogen and oxygen atoms in total. The Labute approximate surface area is 96.6 Å². The zero-order valence-electron chi connectivity index (χ0n) is 7.90. The first-order valence-corrected chi connectivity index (χ1v) is 4.53. The van der Waals surface area contributed by atoms with E-state index in [1.807, 2.05) is 0 Å². The van der Waals surface area contributed by atoms with Gasteiger partial charge in [0.15, 0.2) is 6.10 Å². The first-order valence-electron chi connectivity index (χ1n) is 4.15. The summed E-state index contributed by atoms with van der Waals surface area (Å²) < 4.78 is 74.0. The molecule has 0 aliphatic carbocycles. The Morgan fingerprint density at radius 3 is 2.00 bits per heavy atom. The molecule has 0 fully saturated rings. The highest BCUT2D eigenvalue weighted by Gasteiger charge is 2.45. The molecule has 17 heavy (non-hydrogen) atoms. The summed E-state index contributed by atoms with van der Waals surface area (Å²) in [5, 5.41) is 7.95. The first-order chi connectivity index (χ1) is 7.55. The fourth-order valence-electron chi connectivity index (χ4n) is 1.24. The number of alkyl halides is 6. The van der Waals surface area contributed by atoms with Crippen LogP contribution in [0.5, 0.6) is 0 Å². The van der Waals surface area contributed by atoms with Gasteiger partial charge in [0.25, 0.3) is 0 Å². The second-order valence-electron chi connectivity index (χ2n) is 3.15. The minimum absolute atomic E-state index is 0.535. The lowest BCUT2D eigenvalue weighted by Crippen LogP contribution is -2.23. The van der Waals surface area contributed by atoms with Gasteiger partial charge in [0, 0.05) is 5.56 Å². The zero-order chi connectivity index (χ0) is 13.4. The highest BCUT2D eigenvalue weighted by atomic mass is 35.5. The van der Waals surface area contributed by atoms with Crippen LogP contribution in [0.3, 0.4) is 0 Å². The lowest BCUT2D eigenvalue weighted by atomic mass is 10.0. The molecule has 1 atom stereocenters. The monoisotopic (exact) mass is 278 g/mol. The molecule has 0 spiro atoms. The van der Waals surface area contributed by atoms with Gasteiger partial charge in [0.2, 0.25) is 0 Å². The van der Waals surface area contributed by atoms with Crippen LogP contribution in [0, 0.1) is 0 Å². The van der Waals surface area contributed by atoms with E-state index in [4.69, 9.17) is 16.7 Å². The van der Waals surface area contributed by atoms with E-state index in [2.05, 4.69) is 0 Å². The lowest BCUT2D eigenvalue weighted by molar-refractivity contribution is -0.209. The van der Waals surface area contributed by atoms with E-state index in [1.54, 1.807) is 0 Å². The Hall–Kier alpha value is -0.950. The summed E-state index contributed by atoms with van der Waals surface area (Å²) in [5.74, 6) is 0. The van der Waals surface area contributed by atoms with Crippen LogP contribution in [0.1, 0.15) is 17.2 Å². The predicted molar refractivity (Wildman–Crippen MR) is 47.5 cm³/mol. The van der Waals surface area contributed by atoms with Crippen molar-refractivity contribution < 1.29 is 31.4 Å². The maximum absolute atomic E-state index is 12.5. The van der Waals surface area contributed by atoms with E-state index < -0.39 is 34.6 Å². The number of aliphatic hydroxyl groups is 1. The molecule has 1 N–H and O–H groups in total. The van der Waals surface area contributed by atoms with Gasteiger partial charge in [-0.15, -0.1) is 0 Å². The van der Waals surface area contributed by atoms with Crippen molar-refractivity contribution in [1.29, 1.82) is 0 Å². The minimum Gasteiger partial charge on any atom is -0.379 e. The summed E-state index contributed by atoms with van der Waals surface area (Å²) in [4.78, 5) is 0. The van der Waals surface area contributed by atoms with E-state index in [0.717, 1.165) is 12.1 Å². The van der Waals surface area contributed by atoms with Gasteiger partial charge in [-0.2, -0.15) is 26.3 Å². The number of rotatable bonds is 1. The average Bonchev–Trinajstić information content (AvgIpc) is 2.12. The van der Waals surface area contributed by atoms with E-state index >= 15 is 0 Å². The summed E-state index contributed by atoms with van der Waals surface area (Å²) in [6, 6.07) is 2.24. The number of benzene rings is 1. The van der Waals surface area contributed by atoms with Crippen molar-refractivity contribution in [3.63, 3.8) is 0 Å². The molecule has 0 aliphatic heterocycles. The SMILES string of the molecule is OC(c1cccc(Cl)c1C(F)(F)F)C(F)(F)F. The van der Waals surface area contributed by atoms with Crippen LogP contribution in [0.4, 0.5) is 26.3 Å². The third-order valence-electron chi connectivity index (χ3n) is 1.93. The van der Waals surface area contributed by atoms with Crippen LogP contribution in [0.2, 0.25) is 5.02 Å². The Morgan fingerprint density at radius 2 is 1.59 bits per heavy atom. The molecule has 0 bridgehead atoms. The van der Waals surface area contributed by atoms with E-state index in [9.17, 15) is 26.3 Å². The summed E-state index contributed by atoms with van der Waals surface area (Å²) in [6.45, 7) is 0. The van der Waals surface area contributed by atoms with Crippen LogP contribution >= 0.6 is 11.6 Å². The van der Waals surface area contributed by atoms with Crippen LogP contribution in [0.25, 0.3) is 0 Å². The van der Waals surface area contributed by atoms with Crippen molar-refractivity contribution in [2.24, 2.45) is 0 Å². The maximum atomic E-state index is 12.5. The minimum atomic E-state index is -5.19. The summed E-state index contributed by atoms with van der Waals surface area (Å²) >= 11 is 5.21. The standard InChI is InChI=1S/C9H5ClF6O/c10-5-3-1-2-4(6(5)8(11,12)13)7(17)9(14,15)16/h1-3,7,17H. The molecule has 8 heteroatoms. The quantitative estimate of drug-likeness (QED) is 0.771. The molecule has 1 unspecified atom stereocenters. The molecule has 0 saturated carbocycles. The van der Waals surface area contributed by atoms with Crippen LogP contribution in [-0.2, 0) is 6.18 Å². The summed E-state index contributed by atoms with van der Waals surface area (Å²) in [6.07, 6.45) is -13.5. The maximum Gasteiger partial charge on any atom is 0.418 e. The molecule has 0 radical (unpaired) electrons. The second-order valence-corrected chi connectivity index (χ2v) is 3.55. The van der Waals surface area contributed by atoms with Gasteiger partial charge in [-0.05, 0) is 6.07 Å². The molecule has 0 amide bonds. The third-order valence-corrected chi connectivity index (χ3v) is 2.25. The molecule has 1 aromatic rings. The molecule has 96 valence electrons. The predicted octanol–water partition coefficient (Wildman–Crippen LogP) is 3.95. The fourth-order valence-corrected chi connectivity index (χ4v) is 1.53. The van der Waals surface area contributed by atoms with Gasteiger partial charge in [-0.3, -0.25) is 0 Å². The van der Waals surface area contributed by atoms with Gasteiger partial charge in [-0.1, -0.05) is 23.7 Å². The highest BCUT2D eigenvalue weighted by Crippen LogP contribution is 2.43. The first kappa shape index (κ1) is 14.1. The fraction of sp³-hybridized carbons (Fsp3) is 0.333. The molecule has 0 aliphatic rings. The van der Waals surface area contributed by atoms with Crippen molar-refractivity contribution in [2.75, 3.05) is 0 Å². The van der Waals surface area contributed by atoms with E-state index in [0.29, 0.717) is 6.07 Å². The van der Waals surface area contributed by atoms with Crippen molar-refractivity contribution in [3.05, 3.63) is 34.3 Å². The zero-order valence-corrected chi connectivity index (χ0v) is 8.66. The largest absolute Gasteiger partial charge is 0.418 e. The van der Waals surface area contributed by atoms with Gasteiger partial charge < -0.3 is 5.11 Å². The normalized spacial score (nSPS) is 14.8. The van der Waals surface area contributed by atoms with Gasteiger partial charge in [-0.25, -0.2) is 0 Å². The number of halogens is 7. The molecule has 0 heterocycles. The van der Waals surface area contributed by atoms with Crippen LogP contribution in [-0.4, -0.2) is 11.3 Å². The van der Waals surface area contributed by atoms with E-state index in [-0.39, 0.29) is 0 Å². The Kier molecular flexibility index (Phi) is 3.63. The number of hydrogen-bond acceptors (Lipinski definition) is 1. The Morgan fingerprint density at radius 1 is 1.06 bits per heavy atom. The molecule has 0 aromatic heterocycles. The number of hydrogen-bond donors (Lipinski definition) is 1. The molecular weight excluding hydrogens is 274 g/mol. The van der Waals surface area contributed by atoms with Crippen LogP contribution < -0.4 is 0 Å². The smallest absolute Gasteiger partial charge is 0.379 e. The molecule has 0 saturated heterocycles. The number of aliphatic hydroxyl groups excluding tert-OH is 1. The van der Waals surface area contributed by atoms with E-state index in [1.165, 1.54) is 0 Å². The van der Waals surface area contributed by atoms with Crippen molar-refractivity contribution in [1.82, 2.24) is 0 Å². The second kappa shape index (κ2) is 4.38. The van der Waals surface area contributed by atoms with Crippen molar-refractivity contribution in [2.45, 2.75) is 18.5 Å². The van der Waals surface area contributed by atoms with Crippen molar-refractivity contribution >= 4 is 11.6 Å². The molecular formula is C9H5ClF6O. The van der Waals surface area contributed by atoms with Gasteiger partial charge >= 0.3 is 12.4 Å². The van der Waals surface area contributed by atoms with Gasteiger partial charge in [0.1, 0.15) is 0 Å². The van der Waals surface area contributed by atoms with Gasteiger partial charge in [0.05, 0.1) is 10.6 Å². The summed E-state index contributed by atoms with van der Waals surface area (Å²) in [5.41, 5.74) is -2.98. The third kappa shape index (κ3) is 3.04. The average molecular weight is 279 g/mol. The van der Waals surface area contributed by atoms with Crippen molar-refractivity contribution in [3.8, 4) is 0 Å². The summed E-state index contributed by atoms with van der Waals surface area (Å²) in [7, 11) is 0. The molecule has 1 aromatic carbocycles.